The predicted molar refractivity (Wildman–Crippen MR) is 111 cm³/mol. The summed E-state index contributed by atoms with van der Waals surface area (Å²) in [6.07, 6.45) is 6.21. The molecule has 0 aliphatic heterocycles. The van der Waals surface area contributed by atoms with Crippen LogP contribution in [0, 0.1) is 11.6 Å². The lowest BCUT2D eigenvalue weighted by Crippen LogP contribution is -2.18. The molecule has 4 rings (SSSR count). The Balaban J connectivity index is 1.88. The number of nitrogens with two attached hydrogens (primary N) is 1. The second kappa shape index (κ2) is 7.48. The molecule has 0 amide bonds. The maximum atomic E-state index is 14.2. The molecule has 1 aliphatic carbocycles. The topological polar surface area (TPSA) is 76.7 Å². The second-order valence-electron chi connectivity index (χ2n) is 7.11. The van der Waals surface area contributed by atoms with Crippen molar-refractivity contribution in [2.45, 2.75) is 31.7 Å². The van der Waals surface area contributed by atoms with Gasteiger partial charge in [-0.15, -0.1) is 0 Å². The maximum Gasteiger partial charge on any atom is 0.248 e. The Bertz CT molecular complexity index is 1210. The van der Waals surface area contributed by atoms with Gasteiger partial charge in [0, 0.05) is 17.4 Å². The van der Waals surface area contributed by atoms with Crippen LogP contribution in [0.15, 0.2) is 41.7 Å². The van der Waals surface area contributed by atoms with E-state index >= 15 is 0 Å². The summed E-state index contributed by atoms with van der Waals surface area (Å²) >= 11 is 6.31. The summed E-state index contributed by atoms with van der Waals surface area (Å²) in [6, 6.07) is 3.85. The SMILES string of the molecule is C=C/C=C(/Cl)c1nc(C2CCC2)n(Cc2cc(=O)[nH]c3c(F)c(F)ccc23)c1N. The van der Waals surface area contributed by atoms with Crippen LogP contribution in [0.4, 0.5) is 14.6 Å². The van der Waals surface area contributed by atoms with E-state index in [2.05, 4.69) is 16.5 Å². The number of nitrogen functional groups attached to an aromatic ring is 1. The van der Waals surface area contributed by atoms with Crippen molar-refractivity contribution in [1.82, 2.24) is 14.5 Å². The average Bonchev–Trinajstić information content (AvgIpc) is 2.94. The number of hydrogen-bond acceptors (Lipinski definition) is 3. The van der Waals surface area contributed by atoms with Crippen LogP contribution in [0.2, 0.25) is 0 Å². The number of aromatic nitrogens is 3. The third-order valence-electron chi connectivity index (χ3n) is 5.32. The number of benzene rings is 1. The highest BCUT2D eigenvalue weighted by Crippen LogP contribution is 2.39. The first-order valence-electron chi connectivity index (χ1n) is 9.25. The van der Waals surface area contributed by atoms with Crippen molar-refractivity contribution in [2.24, 2.45) is 0 Å². The molecule has 2 aromatic heterocycles. The number of anilines is 1. The number of nitrogens with one attached hydrogen (secondary N) is 1. The maximum absolute atomic E-state index is 14.2. The minimum absolute atomic E-state index is 0.166. The first-order chi connectivity index (χ1) is 13.9. The molecule has 150 valence electrons. The Labute approximate surface area is 170 Å². The highest BCUT2D eigenvalue weighted by molar-refractivity contribution is 6.49. The molecule has 0 atom stereocenters. The summed E-state index contributed by atoms with van der Waals surface area (Å²) in [7, 11) is 0. The van der Waals surface area contributed by atoms with Crippen LogP contribution in [-0.4, -0.2) is 14.5 Å². The monoisotopic (exact) mass is 416 g/mol. The lowest BCUT2D eigenvalue weighted by atomic mass is 9.85. The Morgan fingerprint density at radius 3 is 2.83 bits per heavy atom. The van der Waals surface area contributed by atoms with Crippen LogP contribution in [-0.2, 0) is 6.54 Å². The third kappa shape index (κ3) is 3.35. The Morgan fingerprint density at radius 1 is 1.41 bits per heavy atom. The zero-order chi connectivity index (χ0) is 20.7. The molecular formula is C21H19ClF2N4O. The molecule has 1 fully saturated rings. The number of nitrogens with zero attached hydrogens (tertiary/aromatic N) is 2. The van der Waals surface area contributed by atoms with E-state index in [4.69, 9.17) is 17.3 Å². The molecule has 0 spiro atoms. The number of fused-ring (bicyclic) bond motifs is 1. The zero-order valence-corrected chi connectivity index (χ0v) is 16.3. The normalized spacial score (nSPS) is 14.9. The summed E-state index contributed by atoms with van der Waals surface area (Å²) in [5, 5.41) is 0.770. The fourth-order valence-corrected chi connectivity index (χ4v) is 3.85. The summed E-state index contributed by atoms with van der Waals surface area (Å²) in [5.74, 6) is -0.744. The highest BCUT2D eigenvalue weighted by atomic mass is 35.5. The molecule has 0 unspecified atom stereocenters. The number of rotatable bonds is 5. The molecule has 3 aromatic rings. The largest absolute Gasteiger partial charge is 0.383 e. The molecule has 8 heteroatoms. The molecule has 5 nitrogen and oxygen atoms in total. The van der Waals surface area contributed by atoms with Gasteiger partial charge in [-0.3, -0.25) is 4.79 Å². The second-order valence-corrected chi connectivity index (χ2v) is 7.52. The molecule has 0 radical (unpaired) electrons. The van der Waals surface area contributed by atoms with Crippen LogP contribution in [0.25, 0.3) is 15.9 Å². The van der Waals surface area contributed by atoms with Gasteiger partial charge in [0.25, 0.3) is 0 Å². The fraction of sp³-hybridized carbons (Fsp3) is 0.238. The van der Waals surface area contributed by atoms with Crippen molar-refractivity contribution in [3.8, 4) is 0 Å². The van der Waals surface area contributed by atoms with Crippen LogP contribution in [0.5, 0.6) is 0 Å². The predicted octanol–water partition coefficient (Wildman–Crippen LogP) is 4.67. The summed E-state index contributed by atoms with van der Waals surface area (Å²) in [4.78, 5) is 19.1. The molecule has 0 bridgehead atoms. The van der Waals surface area contributed by atoms with Crippen molar-refractivity contribution in [1.29, 1.82) is 0 Å². The Morgan fingerprint density at radius 2 is 2.17 bits per heavy atom. The van der Waals surface area contributed by atoms with Gasteiger partial charge in [0.2, 0.25) is 5.56 Å². The zero-order valence-electron chi connectivity index (χ0n) is 15.5. The number of halogens is 3. The molecule has 3 N–H and O–H groups in total. The van der Waals surface area contributed by atoms with Gasteiger partial charge in [0.15, 0.2) is 11.6 Å². The fourth-order valence-electron chi connectivity index (χ4n) is 3.62. The standard InChI is InChI=1S/C21H19ClF2N4O/c1-2-4-14(22)19-20(25)28(21(27-19)11-5-3-6-11)10-12-9-16(29)26-18-13(12)7-8-15(23)17(18)24/h2,4,7-9,11H,1,3,5-6,10,25H2,(H,26,29)/b14-4+. The first-order valence-corrected chi connectivity index (χ1v) is 9.63. The molecule has 1 saturated carbocycles. The van der Waals surface area contributed by atoms with Gasteiger partial charge in [-0.2, -0.15) is 0 Å². The van der Waals surface area contributed by atoms with E-state index < -0.39 is 17.2 Å². The van der Waals surface area contributed by atoms with Crippen LogP contribution in [0.1, 0.15) is 42.3 Å². The number of pyridine rings is 1. The van der Waals surface area contributed by atoms with E-state index in [9.17, 15) is 13.6 Å². The van der Waals surface area contributed by atoms with E-state index in [0.717, 1.165) is 31.2 Å². The van der Waals surface area contributed by atoms with Gasteiger partial charge in [0.05, 0.1) is 17.1 Å². The summed E-state index contributed by atoms with van der Waals surface area (Å²) < 4.78 is 29.6. The van der Waals surface area contributed by atoms with Gasteiger partial charge < -0.3 is 15.3 Å². The van der Waals surface area contributed by atoms with Gasteiger partial charge in [-0.05, 0) is 36.6 Å². The number of aromatic amines is 1. The molecule has 29 heavy (non-hydrogen) atoms. The minimum atomic E-state index is -1.09. The van der Waals surface area contributed by atoms with Gasteiger partial charge in [-0.25, -0.2) is 13.8 Å². The van der Waals surface area contributed by atoms with Crippen molar-refractivity contribution < 1.29 is 8.78 Å². The molecule has 2 heterocycles. The summed E-state index contributed by atoms with van der Waals surface area (Å²) in [5.41, 5.74) is 6.63. The Hall–Kier alpha value is -2.93. The van der Waals surface area contributed by atoms with E-state index in [1.165, 1.54) is 12.1 Å². The molecule has 1 aromatic carbocycles. The van der Waals surface area contributed by atoms with E-state index in [1.807, 2.05) is 0 Å². The highest BCUT2D eigenvalue weighted by Gasteiger charge is 2.28. The minimum Gasteiger partial charge on any atom is -0.383 e. The number of imidazole rings is 1. The van der Waals surface area contributed by atoms with E-state index in [-0.39, 0.29) is 18.0 Å². The van der Waals surface area contributed by atoms with Crippen molar-refractivity contribution in [3.05, 3.63) is 76.0 Å². The van der Waals surface area contributed by atoms with Crippen LogP contribution < -0.4 is 11.3 Å². The number of hydrogen-bond donors (Lipinski definition) is 2. The van der Waals surface area contributed by atoms with Gasteiger partial charge in [0.1, 0.15) is 17.3 Å². The van der Waals surface area contributed by atoms with E-state index in [0.29, 0.717) is 27.5 Å². The first kappa shape index (κ1) is 19.4. The van der Waals surface area contributed by atoms with Crippen molar-refractivity contribution >= 4 is 33.4 Å². The molecular weight excluding hydrogens is 398 g/mol. The van der Waals surface area contributed by atoms with Crippen LogP contribution in [0.3, 0.4) is 0 Å². The third-order valence-corrected chi connectivity index (χ3v) is 5.62. The van der Waals surface area contributed by atoms with Gasteiger partial charge in [-0.1, -0.05) is 30.7 Å². The molecule has 1 aliphatic rings. The van der Waals surface area contributed by atoms with Gasteiger partial charge >= 0.3 is 0 Å². The van der Waals surface area contributed by atoms with E-state index in [1.54, 1.807) is 16.7 Å². The quantitative estimate of drug-likeness (QED) is 0.593. The lowest BCUT2D eigenvalue weighted by Gasteiger charge is -2.26. The number of H-pyrrole nitrogens is 1. The molecule has 0 saturated heterocycles. The lowest BCUT2D eigenvalue weighted by molar-refractivity contribution is 0.391. The number of allylic oxidation sites excluding steroid dienone is 2. The Kier molecular flexibility index (Phi) is 5.00. The van der Waals surface area contributed by atoms with Crippen molar-refractivity contribution in [2.75, 3.05) is 5.73 Å². The average molecular weight is 417 g/mol. The van der Waals surface area contributed by atoms with Crippen molar-refractivity contribution in [3.63, 3.8) is 0 Å². The smallest absolute Gasteiger partial charge is 0.248 e. The van der Waals surface area contributed by atoms with Crippen LogP contribution >= 0.6 is 11.6 Å². The summed E-state index contributed by atoms with van der Waals surface area (Å²) in [6.45, 7) is 3.82.